The van der Waals surface area contributed by atoms with Gasteiger partial charge in [-0.05, 0) is 31.0 Å². The van der Waals surface area contributed by atoms with Crippen LogP contribution in [0, 0.1) is 23.1 Å². The van der Waals surface area contributed by atoms with Gasteiger partial charge in [-0.2, -0.15) is 5.26 Å². The summed E-state index contributed by atoms with van der Waals surface area (Å²) in [4.78, 5) is 28.0. The second-order valence-corrected chi connectivity index (χ2v) is 7.47. The van der Waals surface area contributed by atoms with Crippen molar-refractivity contribution >= 4 is 23.6 Å². The minimum atomic E-state index is -1.03. The molecule has 1 atom stereocenters. The first-order valence-corrected chi connectivity index (χ1v) is 9.53. The number of thioether (sulfide) groups is 1. The van der Waals surface area contributed by atoms with E-state index in [1.54, 1.807) is 36.0 Å². The first-order valence-electron chi connectivity index (χ1n) is 8.55. The molecule has 1 aromatic carbocycles. The fourth-order valence-electron chi connectivity index (χ4n) is 2.16. The summed E-state index contributed by atoms with van der Waals surface area (Å²) in [5.41, 5.74) is -0.453. The van der Waals surface area contributed by atoms with Gasteiger partial charge in [0.15, 0.2) is 11.8 Å². The number of rotatable bonds is 8. The van der Waals surface area contributed by atoms with E-state index in [4.69, 9.17) is 4.74 Å². The topological polar surface area (TPSA) is 97.0 Å². The Kier molecular flexibility index (Phi) is 7.18. The Morgan fingerprint density at radius 2 is 2.21 bits per heavy atom. The molecule has 7 nitrogen and oxygen atoms in total. The summed E-state index contributed by atoms with van der Waals surface area (Å²) in [6.45, 7) is 4.76. The Bertz CT molecular complexity index is 893. The quantitative estimate of drug-likeness (QED) is 0.537. The van der Waals surface area contributed by atoms with Crippen molar-refractivity contribution in [1.29, 1.82) is 5.26 Å². The maximum Gasteiger partial charge on any atom is 0.316 e. The van der Waals surface area contributed by atoms with Crippen LogP contribution in [0.3, 0.4) is 0 Å². The minimum Gasteiger partial charge on any atom is -0.455 e. The van der Waals surface area contributed by atoms with Crippen LogP contribution in [-0.2, 0) is 14.3 Å². The second-order valence-electron chi connectivity index (χ2n) is 6.53. The Morgan fingerprint density at radius 3 is 2.86 bits per heavy atom. The van der Waals surface area contributed by atoms with Gasteiger partial charge in [-0.1, -0.05) is 31.7 Å². The zero-order chi connectivity index (χ0) is 20.7. The van der Waals surface area contributed by atoms with Crippen molar-refractivity contribution < 1.29 is 18.7 Å². The molecule has 0 fully saturated rings. The predicted octanol–water partition coefficient (Wildman–Crippen LogP) is 2.70. The van der Waals surface area contributed by atoms with Gasteiger partial charge < -0.3 is 10.1 Å². The van der Waals surface area contributed by atoms with Crippen LogP contribution in [0.4, 0.5) is 4.39 Å². The molecule has 28 heavy (non-hydrogen) atoms. The van der Waals surface area contributed by atoms with E-state index in [1.807, 2.05) is 13.8 Å². The summed E-state index contributed by atoms with van der Waals surface area (Å²) in [6, 6.07) is 8.05. The van der Waals surface area contributed by atoms with Gasteiger partial charge in [-0.15, -0.1) is 0 Å². The predicted molar refractivity (Wildman–Crippen MR) is 102 cm³/mol. The number of hydrogen-bond acceptors (Lipinski definition) is 6. The van der Waals surface area contributed by atoms with Gasteiger partial charge in [0, 0.05) is 12.4 Å². The number of nitrogens with one attached hydrogen (secondary N) is 1. The average Bonchev–Trinajstić information content (AvgIpc) is 3.13. The highest BCUT2D eigenvalue weighted by Gasteiger charge is 2.30. The van der Waals surface area contributed by atoms with Crippen LogP contribution in [-0.4, -0.2) is 39.3 Å². The molecule has 2 rings (SSSR count). The molecular weight excluding hydrogens is 383 g/mol. The van der Waals surface area contributed by atoms with E-state index in [2.05, 4.69) is 16.4 Å². The number of carbonyl (C=O) groups is 2. The Balaban J connectivity index is 1.87. The Hall–Kier alpha value is -2.86. The molecule has 1 heterocycles. The first kappa shape index (κ1) is 21.4. The second kappa shape index (κ2) is 9.37. The third-order valence-corrected chi connectivity index (χ3v) is 5.10. The lowest BCUT2D eigenvalue weighted by Crippen LogP contribution is -2.50. The van der Waals surface area contributed by atoms with Crippen LogP contribution in [0.2, 0.25) is 0 Å². The number of ether oxygens (including phenoxy) is 1. The van der Waals surface area contributed by atoms with E-state index >= 15 is 0 Å². The van der Waals surface area contributed by atoms with E-state index in [-0.39, 0.29) is 17.5 Å². The molecule has 9 heteroatoms. The molecule has 0 bridgehead atoms. The van der Waals surface area contributed by atoms with Crippen molar-refractivity contribution in [2.75, 3.05) is 12.4 Å². The van der Waals surface area contributed by atoms with Crippen molar-refractivity contribution in [3.8, 4) is 11.8 Å². The minimum absolute atomic E-state index is 0.0701. The molecule has 0 aliphatic heterocycles. The molecule has 1 aromatic heterocycles. The van der Waals surface area contributed by atoms with Crippen LogP contribution < -0.4 is 5.32 Å². The van der Waals surface area contributed by atoms with E-state index < -0.39 is 24.0 Å². The van der Waals surface area contributed by atoms with Crippen molar-refractivity contribution in [2.45, 2.75) is 31.5 Å². The third kappa shape index (κ3) is 5.57. The summed E-state index contributed by atoms with van der Waals surface area (Å²) in [5, 5.41) is 12.3. The smallest absolute Gasteiger partial charge is 0.316 e. The van der Waals surface area contributed by atoms with Gasteiger partial charge >= 0.3 is 5.97 Å². The van der Waals surface area contributed by atoms with Crippen LogP contribution in [0.15, 0.2) is 41.8 Å². The van der Waals surface area contributed by atoms with Gasteiger partial charge in [0.2, 0.25) is 0 Å². The van der Waals surface area contributed by atoms with Crippen molar-refractivity contribution in [3.05, 3.63) is 42.5 Å². The number of carbonyl (C=O) groups excluding carboxylic acids is 2. The fourth-order valence-corrected chi connectivity index (χ4v) is 2.93. The molecule has 1 amide bonds. The Labute approximate surface area is 166 Å². The highest BCUT2D eigenvalue weighted by atomic mass is 32.2. The van der Waals surface area contributed by atoms with E-state index in [0.29, 0.717) is 10.8 Å². The number of imidazole rings is 1. The van der Waals surface area contributed by atoms with E-state index in [1.165, 1.54) is 12.1 Å². The summed E-state index contributed by atoms with van der Waals surface area (Å²) < 4.78 is 20.0. The number of benzene rings is 1. The summed E-state index contributed by atoms with van der Waals surface area (Å²) >= 11 is 1.11. The number of esters is 1. The molecule has 0 radical (unpaired) electrons. The van der Waals surface area contributed by atoms with Gasteiger partial charge in [0.25, 0.3) is 5.91 Å². The van der Waals surface area contributed by atoms with Crippen LogP contribution in [0.25, 0.3) is 5.69 Å². The summed E-state index contributed by atoms with van der Waals surface area (Å²) in [6.07, 6.45) is 3.20. The lowest BCUT2D eigenvalue weighted by Gasteiger charge is -2.27. The maximum absolute atomic E-state index is 13.4. The van der Waals surface area contributed by atoms with Crippen LogP contribution >= 0.6 is 11.8 Å². The highest BCUT2D eigenvalue weighted by Crippen LogP contribution is 2.21. The third-order valence-electron chi connectivity index (χ3n) is 4.16. The van der Waals surface area contributed by atoms with Gasteiger partial charge in [-0.3, -0.25) is 14.2 Å². The van der Waals surface area contributed by atoms with Crippen molar-refractivity contribution in [2.24, 2.45) is 5.92 Å². The molecule has 148 valence electrons. The van der Waals surface area contributed by atoms with Crippen molar-refractivity contribution in [1.82, 2.24) is 14.9 Å². The normalized spacial score (nSPS) is 12.9. The van der Waals surface area contributed by atoms with Crippen molar-refractivity contribution in [3.63, 3.8) is 0 Å². The zero-order valence-electron chi connectivity index (χ0n) is 15.8. The number of hydrogen-bond donors (Lipinski definition) is 1. The molecular formula is C19H21FN4O3S. The molecule has 0 aliphatic rings. The van der Waals surface area contributed by atoms with E-state index in [9.17, 15) is 19.2 Å². The summed E-state index contributed by atoms with van der Waals surface area (Å²) in [7, 11) is 0. The first-order chi connectivity index (χ1) is 13.2. The number of amides is 1. The van der Waals surface area contributed by atoms with E-state index in [0.717, 1.165) is 11.8 Å². The molecule has 0 aliphatic carbocycles. The highest BCUT2D eigenvalue weighted by molar-refractivity contribution is 7.99. The molecule has 1 N–H and O–H groups in total. The molecule has 2 aromatic rings. The molecule has 0 unspecified atom stereocenters. The fraction of sp³-hybridized carbons (Fsp3) is 0.368. The number of halogens is 1. The number of aromatic nitrogens is 2. The van der Waals surface area contributed by atoms with Crippen LogP contribution in [0.1, 0.15) is 20.8 Å². The number of nitriles is 1. The van der Waals surface area contributed by atoms with Gasteiger partial charge in [-0.25, -0.2) is 9.37 Å². The standard InChI is InChI=1S/C19H21FN4O3S/c1-13(2)19(3,12-21)23-16(25)10-27-17(26)11-28-18-22-7-8-24(18)15-6-4-5-14(20)9-15/h4-9,13H,10-11H2,1-3H3,(H,23,25)/t19-/m1/s1. The van der Waals surface area contributed by atoms with Gasteiger partial charge in [0.05, 0.1) is 17.5 Å². The lowest BCUT2D eigenvalue weighted by molar-refractivity contribution is -0.146. The molecule has 0 spiro atoms. The molecule has 0 saturated heterocycles. The van der Waals surface area contributed by atoms with Crippen LogP contribution in [0.5, 0.6) is 0 Å². The lowest BCUT2D eigenvalue weighted by atomic mass is 9.90. The maximum atomic E-state index is 13.4. The largest absolute Gasteiger partial charge is 0.455 e. The average molecular weight is 404 g/mol. The Morgan fingerprint density at radius 1 is 1.46 bits per heavy atom. The SMILES string of the molecule is CC(C)[C@@](C)(C#N)NC(=O)COC(=O)CSc1nccn1-c1cccc(F)c1. The van der Waals surface area contributed by atoms with Gasteiger partial charge in [0.1, 0.15) is 11.4 Å². The monoisotopic (exact) mass is 404 g/mol. The number of nitrogens with zero attached hydrogens (tertiary/aromatic N) is 3. The zero-order valence-corrected chi connectivity index (χ0v) is 16.6. The molecule has 0 saturated carbocycles. The summed E-state index contributed by atoms with van der Waals surface area (Å²) in [5.74, 6) is -1.69.